The summed E-state index contributed by atoms with van der Waals surface area (Å²) in [6, 6.07) is 16.7. The highest BCUT2D eigenvalue weighted by molar-refractivity contribution is 6.30. The number of hydrogen-bond acceptors (Lipinski definition) is 5. The molecule has 1 aliphatic rings. The summed E-state index contributed by atoms with van der Waals surface area (Å²) in [5, 5.41) is 14.5. The summed E-state index contributed by atoms with van der Waals surface area (Å²) in [6.45, 7) is 1.52. The number of ether oxygens (including phenoxy) is 1. The maximum absolute atomic E-state index is 12.8. The highest BCUT2D eigenvalue weighted by atomic mass is 35.5. The lowest BCUT2D eigenvalue weighted by Crippen LogP contribution is -2.52. The number of carbonyl (C=O) groups is 1. The van der Waals surface area contributed by atoms with Crippen LogP contribution in [0.25, 0.3) is 0 Å². The molecule has 0 unspecified atom stereocenters. The molecule has 31 heavy (non-hydrogen) atoms. The van der Waals surface area contributed by atoms with Crippen molar-refractivity contribution in [2.75, 3.05) is 30.4 Å². The number of carbonyl (C=O) groups excluding carboxylic acids is 1. The third-order valence-corrected chi connectivity index (χ3v) is 5.76. The van der Waals surface area contributed by atoms with Gasteiger partial charge in [-0.25, -0.2) is 4.79 Å². The Balaban J connectivity index is 1.52. The second kappa shape index (κ2) is 9.66. The first kappa shape index (κ1) is 20.9. The van der Waals surface area contributed by atoms with Crippen LogP contribution in [0.4, 0.5) is 16.2 Å². The number of piperidine rings is 1. The minimum atomic E-state index is -0.250. The molecule has 0 radical (unpaired) electrons. The number of nitrogens with zero attached hydrogens (tertiary/aromatic N) is 3. The third-order valence-electron chi connectivity index (χ3n) is 5.51. The van der Waals surface area contributed by atoms with E-state index in [1.54, 1.807) is 43.8 Å². The smallest absolute Gasteiger partial charge is 0.319 e. The van der Waals surface area contributed by atoms with Crippen LogP contribution < -0.4 is 20.3 Å². The first-order valence-electron chi connectivity index (χ1n) is 10.1. The molecule has 0 bridgehead atoms. The molecule has 2 amide bonds. The molecule has 8 heteroatoms. The van der Waals surface area contributed by atoms with Gasteiger partial charge in [-0.15, -0.1) is 0 Å². The molecule has 1 fully saturated rings. The standard InChI is InChI=1S/C23H24ClN5O2/c1-31-20-8-2-16(3-9-20)21-11-13-29(19-10-12-25-26-14-19)15-22(21)28-23(30)27-18-6-4-17(24)5-7-18/h2-10,12,14,21-22H,11,13,15H2,1H3,(H2,27,28,30)/t21-,22+/m1/s1. The number of hydrogen-bond donors (Lipinski definition) is 2. The second-order valence-corrected chi connectivity index (χ2v) is 7.86. The van der Waals surface area contributed by atoms with E-state index in [2.05, 4.69) is 37.9 Å². The molecular formula is C23H24ClN5O2. The summed E-state index contributed by atoms with van der Waals surface area (Å²) in [4.78, 5) is 15.0. The molecule has 1 aliphatic heterocycles. The van der Waals surface area contributed by atoms with Gasteiger partial charge in [0, 0.05) is 29.7 Å². The molecule has 160 valence electrons. The van der Waals surface area contributed by atoms with E-state index in [0.29, 0.717) is 17.3 Å². The Morgan fingerprint density at radius 2 is 1.87 bits per heavy atom. The average molecular weight is 438 g/mol. The number of amides is 2. The molecule has 1 aromatic heterocycles. The van der Waals surface area contributed by atoms with Gasteiger partial charge in [-0.2, -0.15) is 10.2 Å². The van der Waals surface area contributed by atoms with Gasteiger partial charge < -0.3 is 20.3 Å². The molecule has 3 aromatic rings. The molecule has 2 aromatic carbocycles. The minimum absolute atomic E-state index is 0.0948. The molecule has 0 saturated carbocycles. The fraction of sp³-hybridized carbons (Fsp3) is 0.261. The van der Waals surface area contributed by atoms with Crippen molar-refractivity contribution in [2.45, 2.75) is 18.4 Å². The fourth-order valence-electron chi connectivity index (χ4n) is 3.92. The Labute approximate surface area is 186 Å². The molecule has 1 saturated heterocycles. The van der Waals surface area contributed by atoms with Crippen LogP contribution in [-0.4, -0.2) is 42.5 Å². The summed E-state index contributed by atoms with van der Waals surface area (Å²) < 4.78 is 5.29. The Kier molecular flexibility index (Phi) is 6.52. The van der Waals surface area contributed by atoms with Crippen LogP contribution in [0.2, 0.25) is 5.02 Å². The van der Waals surface area contributed by atoms with Gasteiger partial charge in [0.1, 0.15) is 5.75 Å². The van der Waals surface area contributed by atoms with Crippen LogP contribution in [0.15, 0.2) is 67.0 Å². The minimum Gasteiger partial charge on any atom is -0.497 e. The number of methoxy groups -OCH3 is 1. The van der Waals surface area contributed by atoms with Gasteiger partial charge in [0.25, 0.3) is 0 Å². The summed E-state index contributed by atoms with van der Waals surface area (Å²) in [6.07, 6.45) is 4.32. The van der Waals surface area contributed by atoms with Crippen LogP contribution in [0, 0.1) is 0 Å². The topological polar surface area (TPSA) is 79.4 Å². The SMILES string of the molecule is COc1ccc([C@H]2CCN(c3ccnnc3)C[C@@H]2NC(=O)Nc2ccc(Cl)cc2)cc1. The maximum Gasteiger partial charge on any atom is 0.319 e. The van der Waals surface area contributed by atoms with Crippen molar-refractivity contribution < 1.29 is 9.53 Å². The monoisotopic (exact) mass is 437 g/mol. The second-order valence-electron chi connectivity index (χ2n) is 7.43. The Morgan fingerprint density at radius 1 is 1.10 bits per heavy atom. The lowest BCUT2D eigenvalue weighted by atomic mass is 9.85. The quantitative estimate of drug-likeness (QED) is 0.621. The number of nitrogens with one attached hydrogen (secondary N) is 2. The predicted octanol–water partition coefficient (Wildman–Crippen LogP) is 4.32. The normalized spacial score (nSPS) is 18.3. The summed E-state index contributed by atoms with van der Waals surface area (Å²) in [7, 11) is 1.65. The highest BCUT2D eigenvalue weighted by Gasteiger charge is 2.32. The van der Waals surface area contributed by atoms with Gasteiger partial charge in [0.05, 0.1) is 31.2 Å². The first-order chi connectivity index (χ1) is 15.1. The van der Waals surface area contributed by atoms with Crippen molar-refractivity contribution in [3.05, 3.63) is 77.6 Å². The lowest BCUT2D eigenvalue weighted by Gasteiger charge is -2.40. The molecule has 0 aliphatic carbocycles. The zero-order chi connectivity index (χ0) is 21.6. The number of rotatable bonds is 5. The number of urea groups is 1. The summed E-state index contributed by atoms with van der Waals surface area (Å²) in [5.41, 5.74) is 2.85. The summed E-state index contributed by atoms with van der Waals surface area (Å²) >= 11 is 5.93. The van der Waals surface area contributed by atoms with Crippen molar-refractivity contribution in [3.8, 4) is 5.75 Å². The zero-order valence-electron chi connectivity index (χ0n) is 17.2. The van der Waals surface area contributed by atoms with Gasteiger partial charge in [-0.05, 0) is 54.4 Å². The van der Waals surface area contributed by atoms with E-state index in [-0.39, 0.29) is 18.0 Å². The van der Waals surface area contributed by atoms with Crippen LogP contribution in [0.5, 0.6) is 5.75 Å². The molecule has 2 N–H and O–H groups in total. The van der Waals surface area contributed by atoms with Gasteiger partial charge in [-0.3, -0.25) is 0 Å². The van der Waals surface area contributed by atoms with E-state index in [1.165, 1.54) is 5.56 Å². The maximum atomic E-state index is 12.8. The number of benzene rings is 2. The van der Waals surface area contributed by atoms with Crippen molar-refractivity contribution in [1.82, 2.24) is 15.5 Å². The van der Waals surface area contributed by atoms with Gasteiger partial charge in [-0.1, -0.05) is 23.7 Å². The van der Waals surface area contributed by atoms with Crippen molar-refractivity contribution in [2.24, 2.45) is 0 Å². The molecular weight excluding hydrogens is 414 g/mol. The van der Waals surface area contributed by atoms with E-state index in [4.69, 9.17) is 16.3 Å². The third kappa shape index (κ3) is 5.24. The van der Waals surface area contributed by atoms with E-state index in [0.717, 1.165) is 24.4 Å². The summed E-state index contributed by atoms with van der Waals surface area (Å²) in [5.74, 6) is 0.988. The number of halogens is 1. The van der Waals surface area contributed by atoms with E-state index < -0.39 is 0 Å². The van der Waals surface area contributed by atoms with Gasteiger partial charge >= 0.3 is 6.03 Å². The highest BCUT2D eigenvalue weighted by Crippen LogP contribution is 2.31. The van der Waals surface area contributed by atoms with Crippen LogP contribution in [-0.2, 0) is 0 Å². The van der Waals surface area contributed by atoms with Crippen molar-refractivity contribution in [3.63, 3.8) is 0 Å². The van der Waals surface area contributed by atoms with E-state index in [9.17, 15) is 4.79 Å². The fourth-order valence-corrected chi connectivity index (χ4v) is 4.05. The van der Waals surface area contributed by atoms with Gasteiger partial charge in [0.15, 0.2) is 0 Å². The number of aromatic nitrogens is 2. The van der Waals surface area contributed by atoms with E-state index in [1.807, 2.05) is 18.2 Å². The predicted molar refractivity (Wildman–Crippen MR) is 122 cm³/mol. The first-order valence-corrected chi connectivity index (χ1v) is 10.5. The molecule has 7 nitrogen and oxygen atoms in total. The zero-order valence-corrected chi connectivity index (χ0v) is 17.9. The molecule has 0 spiro atoms. The molecule has 2 heterocycles. The molecule has 2 atom stereocenters. The van der Waals surface area contributed by atoms with Gasteiger partial charge in [0.2, 0.25) is 0 Å². The Hall–Kier alpha value is -3.32. The van der Waals surface area contributed by atoms with Crippen LogP contribution in [0.1, 0.15) is 17.9 Å². The Morgan fingerprint density at radius 3 is 2.55 bits per heavy atom. The van der Waals surface area contributed by atoms with E-state index >= 15 is 0 Å². The largest absolute Gasteiger partial charge is 0.497 e. The lowest BCUT2D eigenvalue weighted by molar-refractivity contribution is 0.244. The van der Waals surface area contributed by atoms with Crippen molar-refractivity contribution >= 4 is 29.0 Å². The Bertz CT molecular complexity index is 999. The van der Waals surface area contributed by atoms with Crippen LogP contribution in [0.3, 0.4) is 0 Å². The van der Waals surface area contributed by atoms with Crippen LogP contribution >= 0.6 is 11.6 Å². The average Bonchev–Trinajstić information content (AvgIpc) is 2.81. The number of anilines is 2. The molecule has 4 rings (SSSR count). The van der Waals surface area contributed by atoms with Crippen molar-refractivity contribution in [1.29, 1.82) is 0 Å².